The Morgan fingerprint density at radius 1 is 0.262 bits per heavy atom. The Bertz CT molecular complexity index is 2480. The van der Waals surface area contributed by atoms with E-state index in [1.807, 2.05) is 72.8 Å². The number of carbonyl (C=O) groups excluding carboxylic acids is 4. The van der Waals surface area contributed by atoms with Gasteiger partial charge >= 0.3 is 27.3 Å². The molecule has 8 aromatic carbocycles. The van der Waals surface area contributed by atoms with Crippen LogP contribution in [0.15, 0.2) is 194 Å². The van der Waals surface area contributed by atoms with E-state index in [2.05, 4.69) is 0 Å². The van der Waals surface area contributed by atoms with Crippen LogP contribution in [-0.2, 0) is 0 Å². The van der Waals surface area contributed by atoms with Crippen molar-refractivity contribution < 1.29 is 60.0 Å². The Labute approximate surface area is 393 Å². The van der Waals surface area contributed by atoms with Crippen molar-refractivity contribution in [1.29, 1.82) is 0 Å². The van der Waals surface area contributed by atoms with Crippen LogP contribution in [0.25, 0.3) is 44.5 Å². The van der Waals surface area contributed by atoms with E-state index >= 15 is 0 Å². The summed E-state index contributed by atoms with van der Waals surface area (Å²) in [4.78, 5) is 42.9. The molecule has 0 aliphatic rings. The molecule has 8 aromatic rings. The number of benzene rings is 8. The first-order valence-electron chi connectivity index (χ1n) is 19.1. The van der Waals surface area contributed by atoms with Crippen molar-refractivity contribution in [3.63, 3.8) is 0 Å². The minimum atomic E-state index is -1.38. The average Bonchev–Trinajstić information content (AvgIpc) is 3.31. The van der Waals surface area contributed by atoms with E-state index in [-0.39, 0.29) is 72.6 Å². The van der Waals surface area contributed by atoms with Gasteiger partial charge in [-0.3, -0.25) is 0 Å². The van der Waals surface area contributed by atoms with Crippen molar-refractivity contribution in [3.8, 4) is 67.5 Å². The van der Waals surface area contributed by atoms with Gasteiger partial charge in [-0.2, -0.15) is 0 Å². The quantitative estimate of drug-likeness (QED) is 0.142. The maximum atomic E-state index is 10.7. The van der Waals surface area contributed by atoms with Gasteiger partial charge in [0, 0.05) is 44.5 Å². The molecule has 0 spiro atoms. The third kappa shape index (κ3) is 12.9. The first-order valence-corrected chi connectivity index (χ1v) is 19.1. The van der Waals surface area contributed by atoms with E-state index in [1.54, 1.807) is 97.1 Å². The number of phenols is 4. The van der Waals surface area contributed by atoms with Gasteiger partial charge < -0.3 is 60.0 Å². The minimum absolute atomic E-state index is 0. The summed E-state index contributed by atoms with van der Waals surface area (Å²) in [6.45, 7) is 0. The molecular weight excluding hydrogens is 1020 g/mol. The van der Waals surface area contributed by atoms with Crippen LogP contribution in [0.4, 0.5) is 0 Å². The average molecular weight is 1060 g/mol. The van der Waals surface area contributed by atoms with Crippen LogP contribution in [0.2, 0.25) is 0 Å². The fourth-order valence-corrected chi connectivity index (χ4v) is 6.24. The number of aromatic carboxylic acids is 4. The van der Waals surface area contributed by atoms with Crippen LogP contribution >= 0.6 is 0 Å². The number of carboxylic acids is 4. The second kappa shape index (κ2) is 23.8. The predicted molar refractivity (Wildman–Crippen MR) is 237 cm³/mol. The molecular formula is C52H36O12Pb. The molecule has 0 bridgehead atoms. The van der Waals surface area contributed by atoms with Crippen molar-refractivity contribution in [2.24, 2.45) is 0 Å². The number of hydrogen-bond donors (Lipinski definition) is 4. The zero-order valence-corrected chi connectivity index (χ0v) is 37.9. The van der Waals surface area contributed by atoms with Gasteiger partial charge in [0.2, 0.25) is 0 Å². The molecule has 0 saturated carbocycles. The summed E-state index contributed by atoms with van der Waals surface area (Å²) in [5, 5.41) is 82.1. The third-order valence-corrected chi connectivity index (χ3v) is 9.36. The van der Waals surface area contributed by atoms with Gasteiger partial charge in [0.1, 0.15) is 23.0 Å². The van der Waals surface area contributed by atoms with E-state index in [0.29, 0.717) is 22.3 Å². The van der Waals surface area contributed by atoms with E-state index in [1.165, 1.54) is 24.3 Å². The van der Waals surface area contributed by atoms with Crippen molar-refractivity contribution in [2.45, 2.75) is 0 Å². The van der Waals surface area contributed by atoms with E-state index in [4.69, 9.17) is 0 Å². The van der Waals surface area contributed by atoms with Crippen LogP contribution in [-0.4, -0.2) is 71.6 Å². The van der Waals surface area contributed by atoms with Crippen molar-refractivity contribution in [2.75, 3.05) is 0 Å². The zero-order chi connectivity index (χ0) is 46.2. The van der Waals surface area contributed by atoms with Crippen LogP contribution in [0, 0.1) is 0 Å². The van der Waals surface area contributed by atoms with Gasteiger partial charge in [-0.05, 0) is 46.5 Å². The van der Waals surface area contributed by atoms with Gasteiger partial charge in [0.05, 0.1) is 23.9 Å². The van der Waals surface area contributed by atoms with E-state index in [0.717, 1.165) is 22.3 Å². The number of hydrogen-bond acceptors (Lipinski definition) is 12. The largest absolute Gasteiger partial charge is 4.00 e. The minimum Gasteiger partial charge on any atom is -0.545 e. The molecule has 0 unspecified atom stereocenters. The van der Waals surface area contributed by atoms with Crippen molar-refractivity contribution in [1.82, 2.24) is 0 Å². The molecule has 0 heterocycles. The van der Waals surface area contributed by atoms with Crippen LogP contribution in [0.5, 0.6) is 23.0 Å². The summed E-state index contributed by atoms with van der Waals surface area (Å²) < 4.78 is 0. The molecule has 4 N–H and O–H groups in total. The maximum absolute atomic E-state index is 10.7. The molecule has 0 amide bonds. The summed E-state index contributed by atoms with van der Waals surface area (Å²) in [5.74, 6) is -6.54. The van der Waals surface area contributed by atoms with E-state index < -0.39 is 23.9 Å². The second-order valence-corrected chi connectivity index (χ2v) is 13.4. The molecule has 0 aromatic heterocycles. The molecule has 0 fully saturated rings. The summed E-state index contributed by atoms with van der Waals surface area (Å²) >= 11 is 0. The van der Waals surface area contributed by atoms with Crippen molar-refractivity contribution >= 4 is 51.2 Å². The number of carbonyl (C=O) groups is 4. The van der Waals surface area contributed by atoms with Gasteiger partial charge in [-0.15, -0.1) is 0 Å². The van der Waals surface area contributed by atoms with Crippen LogP contribution in [0.3, 0.4) is 0 Å². The molecule has 8 rings (SSSR count). The number of carboxylic acid groups (broad SMARTS) is 4. The second-order valence-electron chi connectivity index (χ2n) is 13.4. The molecule has 0 aliphatic heterocycles. The Morgan fingerprint density at radius 2 is 0.431 bits per heavy atom. The Balaban J connectivity index is 0.000000189. The molecule has 0 radical (unpaired) electrons. The first kappa shape index (κ1) is 49.4. The monoisotopic (exact) mass is 1060 g/mol. The van der Waals surface area contributed by atoms with Crippen molar-refractivity contribution in [3.05, 3.63) is 216 Å². The van der Waals surface area contributed by atoms with Gasteiger partial charge in [0.15, 0.2) is 0 Å². The smallest absolute Gasteiger partial charge is 0.545 e. The first-order chi connectivity index (χ1) is 30.8. The SMILES string of the molecule is O=C([O-])c1cccc(-c2ccccc2)c1O.O=C([O-])c1cccc(-c2ccccc2)c1O.O=C([O-])c1cccc(-c2ccccc2)c1O.O=C([O-])c1cccc(-c2ccccc2)c1O.[Pb+4]. The summed E-state index contributed by atoms with van der Waals surface area (Å²) in [6, 6.07) is 54.6. The summed E-state index contributed by atoms with van der Waals surface area (Å²) in [5.41, 5.74) is 4.25. The fraction of sp³-hybridized carbons (Fsp3) is 0. The third-order valence-electron chi connectivity index (χ3n) is 9.36. The molecule has 13 heteroatoms. The number of aromatic hydroxyl groups is 4. The normalized spacial score (nSPS) is 9.85. The molecule has 65 heavy (non-hydrogen) atoms. The molecule has 0 saturated heterocycles. The Kier molecular flexibility index (Phi) is 18.1. The summed E-state index contributed by atoms with van der Waals surface area (Å²) in [6.07, 6.45) is 0. The number of para-hydroxylation sites is 4. The molecule has 0 atom stereocenters. The molecule has 12 nitrogen and oxygen atoms in total. The van der Waals surface area contributed by atoms with Gasteiger partial charge in [0.25, 0.3) is 0 Å². The van der Waals surface area contributed by atoms with Crippen LogP contribution in [0.1, 0.15) is 41.4 Å². The molecule has 320 valence electrons. The fourth-order valence-electron chi connectivity index (χ4n) is 6.24. The number of rotatable bonds is 8. The standard InChI is InChI=1S/4C13H10O3.Pb/c4*14-12-10(9-5-2-1-3-6-9)7-4-8-11(12)13(15)16;/h4*1-8,14H,(H,15,16);/q;;;;+4/p-4. The van der Waals surface area contributed by atoms with Crippen LogP contribution < -0.4 is 20.4 Å². The Hall–Kier alpha value is -8.24. The van der Waals surface area contributed by atoms with E-state index in [9.17, 15) is 60.0 Å². The predicted octanol–water partition coefficient (Wildman–Crippen LogP) is 5.31. The zero-order valence-electron chi connectivity index (χ0n) is 34.0. The van der Waals surface area contributed by atoms with Gasteiger partial charge in [-0.25, -0.2) is 0 Å². The Morgan fingerprint density at radius 3 is 0.585 bits per heavy atom. The maximum Gasteiger partial charge on any atom is 4.00 e. The molecule has 0 aliphatic carbocycles. The topological polar surface area (TPSA) is 241 Å². The van der Waals surface area contributed by atoms with Gasteiger partial charge in [-0.1, -0.05) is 170 Å². The summed E-state index contributed by atoms with van der Waals surface area (Å²) in [7, 11) is 0.